The van der Waals surface area contributed by atoms with E-state index >= 15 is 0 Å². The molecule has 0 saturated heterocycles. The number of carbonyl (C=O) groups excluding carboxylic acids is 1. The zero-order valence-electron chi connectivity index (χ0n) is 16.0. The number of anilines is 3. The van der Waals surface area contributed by atoms with Gasteiger partial charge in [-0.15, -0.1) is 0 Å². The van der Waals surface area contributed by atoms with Gasteiger partial charge < -0.3 is 15.0 Å². The van der Waals surface area contributed by atoms with Gasteiger partial charge in [0.15, 0.2) is 0 Å². The average molecular weight is 377 g/mol. The third-order valence-corrected chi connectivity index (χ3v) is 4.17. The molecular formula is C21H23N5O2. The number of nitrogens with one attached hydrogen (secondary N) is 1. The largest absolute Gasteiger partial charge is 0.462 e. The monoisotopic (exact) mass is 377 g/mol. The molecule has 28 heavy (non-hydrogen) atoms. The summed E-state index contributed by atoms with van der Waals surface area (Å²) >= 11 is 0. The summed E-state index contributed by atoms with van der Waals surface area (Å²) < 4.78 is 4.99. The third kappa shape index (κ3) is 5.26. The van der Waals surface area contributed by atoms with E-state index in [-0.39, 0.29) is 5.97 Å². The number of pyridine rings is 1. The summed E-state index contributed by atoms with van der Waals surface area (Å²) in [7, 11) is 2.00. The van der Waals surface area contributed by atoms with Crippen LogP contribution in [0.15, 0.2) is 61.1 Å². The topological polar surface area (TPSA) is 80.2 Å². The number of esters is 1. The van der Waals surface area contributed by atoms with Gasteiger partial charge in [0.1, 0.15) is 5.82 Å². The Morgan fingerprint density at radius 3 is 2.54 bits per heavy atom. The van der Waals surface area contributed by atoms with Crippen LogP contribution < -0.4 is 10.2 Å². The maximum atomic E-state index is 11.7. The van der Waals surface area contributed by atoms with E-state index in [1.165, 1.54) is 5.56 Å². The number of carbonyl (C=O) groups is 1. The van der Waals surface area contributed by atoms with Crippen molar-refractivity contribution in [1.82, 2.24) is 15.0 Å². The summed E-state index contributed by atoms with van der Waals surface area (Å²) in [6.45, 7) is 2.97. The van der Waals surface area contributed by atoms with Gasteiger partial charge in [-0.05, 0) is 61.4 Å². The van der Waals surface area contributed by atoms with Gasteiger partial charge in [-0.1, -0.05) is 0 Å². The quantitative estimate of drug-likeness (QED) is 0.602. The molecule has 0 fully saturated rings. The maximum Gasteiger partial charge on any atom is 0.338 e. The van der Waals surface area contributed by atoms with Crippen LogP contribution in [0.25, 0.3) is 0 Å². The minimum absolute atomic E-state index is 0.330. The highest BCUT2D eigenvalue weighted by molar-refractivity contribution is 5.89. The van der Waals surface area contributed by atoms with E-state index in [0.29, 0.717) is 18.1 Å². The van der Waals surface area contributed by atoms with Crippen molar-refractivity contribution < 1.29 is 9.53 Å². The van der Waals surface area contributed by atoms with Crippen molar-refractivity contribution >= 4 is 23.4 Å². The van der Waals surface area contributed by atoms with E-state index < -0.39 is 0 Å². The minimum Gasteiger partial charge on any atom is -0.462 e. The first kappa shape index (κ1) is 19.3. The van der Waals surface area contributed by atoms with Crippen molar-refractivity contribution in [2.24, 2.45) is 0 Å². The van der Waals surface area contributed by atoms with Gasteiger partial charge in [0.25, 0.3) is 0 Å². The Morgan fingerprint density at radius 2 is 1.82 bits per heavy atom. The van der Waals surface area contributed by atoms with Gasteiger partial charge >= 0.3 is 5.97 Å². The Labute approximate surface area is 164 Å². The number of hydrogen-bond donors (Lipinski definition) is 1. The van der Waals surface area contributed by atoms with Crippen molar-refractivity contribution in [3.8, 4) is 0 Å². The van der Waals surface area contributed by atoms with Gasteiger partial charge in [-0.3, -0.25) is 4.98 Å². The molecule has 0 radical (unpaired) electrons. The summed E-state index contributed by atoms with van der Waals surface area (Å²) in [6.07, 6.45) is 6.23. The van der Waals surface area contributed by atoms with Crippen molar-refractivity contribution in [2.75, 3.05) is 30.4 Å². The van der Waals surface area contributed by atoms with Crippen LogP contribution in [0, 0.1) is 0 Å². The van der Waals surface area contributed by atoms with Gasteiger partial charge in [0, 0.05) is 37.9 Å². The van der Waals surface area contributed by atoms with Gasteiger partial charge in [0.2, 0.25) is 5.95 Å². The molecule has 0 amide bonds. The average Bonchev–Trinajstić information content (AvgIpc) is 2.73. The number of aromatic nitrogens is 3. The maximum absolute atomic E-state index is 11.7. The molecule has 0 saturated carbocycles. The Morgan fingerprint density at radius 1 is 1.07 bits per heavy atom. The van der Waals surface area contributed by atoms with Crippen molar-refractivity contribution in [3.05, 3.63) is 72.2 Å². The lowest BCUT2D eigenvalue weighted by molar-refractivity contribution is 0.0526. The fourth-order valence-electron chi connectivity index (χ4n) is 2.62. The van der Waals surface area contributed by atoms with Gasteiger partial charge in [-0.25, -0.2) is 9.78 Å². The highest BCUT2D eigenvalue weighted by Crippen LogP contribution is 2.17. The lowest BCUT2D eigenvalue weighted by Crippen LogP contribution is -2.21. The molecular weight excluding hydrogens is 354 g/mol. The van der Waals surface area contributed by atoms with Gasteiger partial charge in [0.05, 0.1) is 12.2 Å². The van der Waals surface area contributed by atoms with Crippen molar-refractivity contribution in [2.45, 2.75) is 13.3 Å². The Bertz CT molecular complexity index is 900. The van der Waals surface area contributed by atoms with E-state index in [0.717, 1.165) is 24.5 Å². The summed E-state index contributed by atoms with van der Waals surface area (Å²) in [5.74, 6) is 0.995. The zero-order valence-corrected chi connectivity index (χ0v) is 16.0. The summed E-state index contributed by atoms with van der Waals surface area (Å²) in [5, 5.41) is 3.16. The molecule has 0 aliphatic heterocycles. The molecule has 2 aromatic heterocycles. The second-order valence-electron chi connectivity index (χ2n) is 6.19. The van der Waals surface area contributed by atoms with E-state index in [1.807, 2.05) is 25.2 Å². The normalized spacial score (nSPS) is 10.4. The van der Waals surface area contributed by atoms with E-state index in [1.54, 1.807) is 49.8 Å². The predicted molar refractivity (Wildman–Crippen MR) is 109 cm³/mol. The summed E-state index contributed by atoms with van der Waals surface area (Å²) in [4.78, 5) is 26.7. The first-order valence-electron chi connectivity index (χ1n) is 9.13. The third-order valence-electron chi connectivity index (χ3n) is 4.17. The van der Waals surface area contributed by atoms with Crippen LogP contribution in [0.1, 0.15) is 22.8 Å². The van der Waals surface area contributed by atoms with Crippen LogP contribution in [0.4, 0.5) is 17.5 Å². The lowest BCUT2D eigenvalue weighted by Gasteiger charge is -2.18. The fourth-order valence-corrected chi connectivity index (χ4v) is 2.62. The van der Waals surface area contributed by atoms with Gasteiger partial charge in [-0.2, -0.15) is 4.98 Å². The molecule has 3 rings (SSSR count). The Hall–Kier alpha value is -3.48. The first-order chi connectivity index (χ1) is 13.7. The number of nitrogens with zero attached hydrogens (tertiary/aromatic N) is 4. The smallest absolute Gasteiger partial charge is 0.338 e. The molecule has 0 unspecified atom stereocenters. The molecule has 1 aromatic carbocycles. The second kappa shape index (κ2) is 9.45. The number of rotatable bonds is 8. The standard InChI is InChI=1S/C21H23N5O2/c1-3-28-20(27)17-4-6-18(7-5-17)24-21-23-14-10-19(25-21)26(2)15-11-16-8-12-22-13-9-16/h4-10,12-14H,3,11,15H2,1-2H3,(H,23,24,25). The first-order valence-corrected chi connectivity index (χ1v) is 9.13. The summed E-state index contributed by atoms with van der Waals surface area (Å²) in [5.41, 5.74) is 2.54. The molecule has 0 aliphatic carbocycles. The number of ether oxygens (including phenoxy) is 1. The van der Waals surface area contributed by atoms with Crippen molar-refractivity contribution in [3.63, 3.8) is 0 Å². The molecule has 0 spiro atoms. The molecule has 7 heteroatoms. The molecule has 0 aliphatic rings. The highest BCUT2D eigenvalue weighted by Gasteiger charge is 2.08. The van der Waals surface area contributed by atoms with Crippen LogP contribution in [0.3, 0.4) is 0 Å². The highest BCUT2D eigenvalue weighted by atomic mass is 16.5. The number of hydrogen-bond acceptors (Lipinski definition) is 7. The van der Waals surface area contributed by atoms with Crippen LogP contribution in [0.2, 0.25) is 0 Å². The number of likely N-dealkylation sites (N-methyl/N-ethyl adjacent to an activating group) is 1. The van der Waals surface area contributed by atoms with Crippen LogP contribution in [-0.4, -0.2) is 41.1 Å². The molecule has 3 aromatic rings. The molecule has 0 bridgehead atoms. The molecule has 0 atom stereocenters. The zero-order chi connectivity index (χ0) is 19.8. The summed E-state index contributed by atoms with van der Waals surface area (Å²) in [6, 6.07) is 12.9. The van der Waals surface area contributed by atoms with E-state index in [2.05, 4.69) is 25.2 Å². The molecule has 144 valence electrons. The SMILES string of the molecule is CCOC(=O)c1ccc(Nc2nccc(N(C)CCc3ccncc3)n2)cc1. The molecule has 1 N–H and O–H groups in total. The van der Waals surface area contributed by atoms with Crippen LogP contribution >= 0.6 is 0 Å². The van der Waals surface area contributed by atoms with Crippen LogP contribution in [-0.2, 0) is 11.2 Å². The lowest BCUT2D eigenvalue weighted by atomic mass is 10.2. The van der Waals surface area contributed by atoms with Crippen molar-refractivity contribution in [1.29, 1.82) is 0 Å². The molecule has 7 nitrogen and oxygen atoms in total. The van der Waals surface area contributed by atoms with E-state index in [9.17, 15) is 4.79 Å². The second-order valence-corrected chi connectivity index (χ2v) is 6.19. The molecule has 2 heterocycles. The minimum atomic E-state index is -0.330. The van der Waals surface area contributed by atoms with E-state index in [4.69, 9.17) is 4.74 Å². The number of benzene rings is 1. The fraction of sp³-hybridized carbons (Fsp3) is 0.238. The van der Waals surface area contributed by atoms with Crippen LogP contribution in [0.5, 0.6) is 0 Å². The predicted octanol–water partition coefficient (Wildman–Crippen LogP) is 3.47. The Balaban J connectivity index is 1.62. The Kier molecular flexibility index (Phi) is 6.51.